The number of carbonyl (C=O) groups is 2. The van der Waals surface area contributed by atoms with E-state index in [1.807, 2.05) is 20.8 Å². The summed E-state index contributed by atoms with van der Waals surface area (Å²) < 4.78 is 5.45. The molecule has 1 aliphatic carbocycles. The Morgan fingerprint density at radius 1 is 1.25 bits per heavy atom. The third kappa shape index (κ3) is 5.49. The molecule has 0 spiro atoms. The number of carboxylic acids is 1. The Hall–Kier alpha value is -1.10. The number of carbonyl (C=O) groups excluding carboxylic acids is 1. The third-order valence-corrected chi connectivity index (χ3v) is 3.75. The van der Waals surface area contributed by atoms with E-state index in [2.05, 4.69) is 0 Å². The molecule has 1 rings (SSSR count). The Balaban J connectivity index is 2.77. The van der Waals surface area contributed by atoms with Gasteiger partial charge >= 0.3 is 11.9 Å². The maximum atomic E-state index is 12.3. The lowest BCUT2D eigenvalue weighted by molar-refractivity contribution is -0.163. The van der Waals surface area contributed by atoms with Crippen LogP contribution in [0.1, 0.15) is 59.3 Å². The highest BCUT2D eigenvalue weighted by Gasteiger charge is 2.35. The SMILES string of the molecule is CC(C)(C)OC(=O)[C@@H](CC(N)C(=O)O)C1CCCCC1. The van der Waals surface area contributed by atoms with Crippen LogP contribution in [-0.4, -0.2) is 28.7 Å². The fourth-order valence-corrected chi connectivity index (χ4v) is 2.77. The van der Waals surface area contributed by atoms with Crippen molar-refractivity contribution in [2.45, 2.75) is 70.9 Å². The fraction of sp³-hybridized carbons (Fsp3) is 0.867. The van der Waals surface area contributed by atoms with Gasteiger partial charge in [-0.1, -0.05) is 19.3 Å². The van der Waals surface area contributed by atoms with Crippen LogP contribution in [0, 0.1) is 11.8 Å². The Kier molecular flexibility index (Phi) is 5.99. The zero-order valence-corrected chi connectivity index (χ0v) is 12.7. The highest BCUT2D eigenvalue weighted by Crippen LogP contribution is 2.33. The van der Waals surface area contributed by atoms with E-state index in [1.165, 1.54) is 6.42 Å². The van der Waals surface area contributed by atoms with E-state index in [9.17, 15) is 9.59 Å². The zero-order chi connectivity index (χ0) is 15.3. The van der Waals surface area contributed by atoms with Crippen LogP contribution in [0.5, 0.6) is 0 Å². The Bertz CT molecular complexity index is 342. The van der Waals surface area contributed by atoms with Gasteiger partial charge in [-0.05, 0) is 46.0 Å². The van der Waals surface area contributed by atoms with Crippen LogP contribution in [-0.2, 0) is 14.3 Å². The number of ether oxygens (including phenoxy) is 1. The zero-order valence-electron chi connectivity index (χ0n) is 12.7. The second-order valence-corrected chi connectivity index (χ2v) is 6.72. The van der Waals surface area contributed by atoms with Crippen molar-refractivity contribution < 1.29 is 19.4 Å². The van der Waals surface area contributed by atoms with Gasteiger partial charge in [0, 0.05) is 0 Å². The summed E-state index contributed by atoms with van der Waals surface area (Å²) in [4.78, 5) is 23.3. The summed E-state index contributed by atoms with van der Waals surface area (Å²) in [6.07, 6.45) is 5.43. The van der Waals surface area contributed by atoms with Gasteiger partial charge in [-0.3, -0.25) is 9.59 Å². The number of nitrogens with two attached hydrogens (primary N) is 1. The fourth-order valence-electron chi connectivity index (χ4n) is 2.77. The summed E-state index contributed by atoms with van der Waals surface area (Å²) in [5.41, 5.74) is 5.06. The molecule has 1 aliphatic rings. The summed E-state index contributed by atoms with van der Waals surface area (Å²) in [5.74, 6) is -1.57. The molecule has 0 amide bonds. The smallest absolute Gasteiger partial charge is 0.320 e. The predicted octanol–water partition coefficient (Wildman–Crippen LogP) is 2.33. The van der Waals surface area contributed by atoms with Gasteiger partial charge in [-0.15, -0.1) is 0 Å². The van der Waals surface area contributed by atoms with Crippen LogP contribution in [0.15, 0.2) is 0 Å². The summed E-state index contributed by atoms with van der Waals surface area (Å²) in [6, 6.07) is -1.01. The molecule has 0 aromatic rings. The molecular weight excluding hydrogens is 258 g/mol. The van der Waals surface area contributed by atoms with Crippen molar-refractivity contribution in [1.82, 2.24) is 0 Å². The largest absolute Gasteiger partial charge is 0.480 e. The monoisotopic (exact) mass is 285 g/mol. The van der Waals surface area contributed by atoms with Crippen LogP contribution >= 0.6 is 0 Å². The lowest BCUT2D eigenvalue weighted by atomic mass is 9.77. The second kappa shape index (κ2) is 7.07. The van der Waals surface area contributed by atoms with Crippen molar-refractivity contribution in [2.24, 2.45) is 17.6 Å². The van der Waals surface area contributed by atoms with Gasteiger partial charge < -0.3 is 15.6 Å². The second-order valence-electron chi connectivity index (χ2n) is 6.72. The van der Waals surface area contributed by atoms with Crippen molar-refractivity contribution in [1.29, 1.82) is 0 Å². The Morgan fingerprint density at radius 3 is 2.25 bits per heavy atom. The van der Waals surface area contributed by atoms with Crippen LogP contribution in [0.25, 0.3) is 0 Å². The first-order chi connectivity index (χ1) is 9.20. The molecule has 2 atom stereocenters. The molecule has 3 N–H and O–H groups in total. The van der Waals surface area contributed by atoms with Crippen molar-refractivity contribution >= 4 is 11.9 Å². The maximum absolute atomic E-state index is 12.3. The summed E-state index contributed by atoms with van der Waals surface area (Å²) in [7, 11) is 0. The van der Waals surface area contributed by atoms with Gasteiger partial charge in [-0.2, -0.15) is 0 Å². The summed E-state index contributed by atoms with van der Waals surface area (Å²) in [5, 5.41) is 8.97. The number of esters is 1. The normalized spacial score (nSPS) is 20.2. The van der Waals surface area contributed by atoms with Crippen LogP contribution in [0.2, 0.25) is 0 Å². The average molecular weight is 285 g/mol. The van der Waals surface area contributed by atoms with Gasteiger partial charge in [0.15, 0.2) is 0 Å². The molecule has 5 nitrogen and oxygen atoms in total. The summed E-state index contributed by atoms with van der Waals surface area (Å²) in [6.45, 7) is 5.46. The minimum Gasteiger partial charge on any atom is -0.480 e. The van der Waals surface area contributed by atoms with E-state index in [0.717, 1.165) is 25.7 Å². The molecule has 0 saturated heterocycles. The first kappa shape index (κ1) is 17.0. The minimum atomic E-state index is -1.06. The summed E-state index contributed by atoms with van der Waals surface area (Å²) >= 11 is 0. The van der Waals surface area contributed by atoms with Gasteiger partial charge in [0.1, 0.15) is 11.6 Å². The minimum absolute atomic E-state index is 0.162. The first-order valence-corrected chi connectivity index (χ1v) is 7.42. The topological polar surface area (TPSA) is 89.6 Å². The van der Waals surface area contributed by atoms with Gasteiger partial charge in [0.25, 0.3) is 0 Å². The van der Waals surface area contributed by atoms with Crippen LogP contribution in [0.3, 0.4) is 0 Å². The van der Waals surface area contributed by atoms with E-state index in [0.29, 0.717) is 0 Å². The number of carboxylic acid groups (broad SMARTS) is 1. The molecule has 0 heterocycles. The van der Waals surface area contributed by atoms with Gasteiger partial charge in [0.05, 0.1) is 5.92 Å². The molecule has 1 fully saturated rings. The van der Waals surface area contributed by atoms with Crippen molar-refractivity contribution in [3.8, 4) is 0 Å². The molecule has 0 bridgehead atoms. The number of rotatable bonds is 5. The Morgan fingerprint density at radius 2 is 1.80 bits per heavy atom. The van der Waals surface area contributed by atoms with Crippen LogP contribution in [0.4, 0.5) is 0 Å². The predicted molar refractivity (Wildman–Crippen MR) is 76.1 cm³/mol. The van der Waals surface area contributed by atoms with E-state index in [1.54, 1.807) is 0 Å². The molecule has 0 aromatic heterocycles. The Labute approximate surface area is 120 Å². The molecule has 1 unspecified atom stereocenters. The first-order valence-electron chi connectivity index (χ1n) is 7.42. The van der Waals surface area contributed by atoms with Crippen molar-refractivity contribution in [3.05, 3.63) is 0 Å². The van der Waals surface area contributed by atoms with E-state index in [4.69, 9.17) is 15.6 Å². The molecule has 5 heteroatoms. The van der Waals surface area contributed by atoms with Gasteiger partial charge in [0.2, 0.25) is 0 Å². The van der Waals surface area contributed by atoms with Crippen molar-refractivity contribution in [3.63, 3.8) is 0 Å². The van der Waals surface area contributed by atoms with E-state index in [-0.39, 0.29) is 18.3 Å². The molecular formula is C15H27NO4. The number of hydrogen-bond acceptors (Lipinski definition) is 4. The lowest BCUT2D eigenvalue weighted by Gasteiger charge is -2.32. The third-order valence-electron chi connectivity index (χ3n) is 3.75. The van der Waals surface area contributed by atoms with Gasteiger partial charge in [-0.25, -0.2) is 0 Å². The molecule has 1 saturated carbocycles. The molecule has 116 valence electrons. The van der Waals surface area contributed by atoms with Crippen LogP contribution < -0.4 is 5.73 Å². The molecule has 0 aromatic carbocycles. The number of hydrogen-bond donors (Lipinski definition) is 2. The standard InChI is InChI=1S/C15H27NO4/c1-15(2,3)20-14(19)11(9-12(16)13(17)18)10-7-5-4-6-8-10/h10-12H,4-9,16H2,1-3H3,(H,17,18)/t11-,12?/m0/s1. The quantitative estimate of drug-likeness (QED) is 0.757. The van der Waals surface area contributed by atoms with E-state index < -0.39 is 23.5 Å². The highest BCUT2D eigenvalue weighted by molar-refractivity contribution is 5.77. The number of aliphatic carboxylic acids is 1. The highest BCUT2D eigenvalue weighted by atomic mass is 16.6. The van der Waals surface area contributed by atoms with Crippen molar-refractivity contribution in [2.75, 3.05) is 0 Å². The molecule has 20 heavy (non-hydrogen) atoms. The lowest BCUT2D eigenvalue weighted by Crippen LogP contribution is -2.40. The average Bonchev–Trinajstić information content (AvgIpc) is 2.34. The maximum Gasteiger partial charge on any atom is 0.320 e. The van der Waals surface area contributed by atoms with E-state index >= 15 is 0 Å². The molecule has 0 aliphatic heterocycles. The molecule has 0 radical (unpaired) electrons.